The van der Waals surface area contributed by atoms with Gasteiger partial charge in [-0.05, 0) is 78.9 Å². The highest BCUT2D eigenvalue weighted by molar-refractivity contribution is 8.18. The van der Waals surface area contributed by atoms with Gasteiger partial charge in [-0.2, -0.15) is 13.2 Å². The van der Waals surface area contributed by atoms with Crippen LogP contribution in [0.3, 0.4) is 0 Å². The van der Waals surface area contributed by atoms with Gasteiger partial charge >= 0.3 is 12.1 Å². The van der Waals surface area contributed by atoms with Crippen LogP contribution in [0.1, 0.15) is 42.4 Å². The molecule has 2 amide bonds. The Morgan fingerprint density at radius 1 is 1.13 bits per heavy atom. The Balaban J connectivity index is 1.35. The number of imide groups is 1. The third-order valence-corrected chi connectivity index (χ3v) is 7.89. The van der Waals surface area contributed by atoms with Crippen LogP contribution in [0.5, 0.6) is 0 Å². The zero-order valence-corrected chi connectivity index (χ0v) is 21.2. The number of amides is 2. The summed E-state index contributed by atoms with van der Waals surface area (Å²) in [6, 6.07) is 8.17. The number of rotatable bonds is 5. The van der Waals surface area contributed by atoms with Crippen LogP contribution in [-0.2, 0) is 22.3 Å². The number of hydrogen-bond donors (Lipinski definition) is 1. The summed E-state index contributed by atoms with van der Waals surface area (Å²) in [5.41, 5.74) is 0.620. The number of alkyl halides is 3. The molecule has 2 aliphatic rings. The fraction of sp³-hybridized carbons (Fsp3) is 0.320. The maximum Gasteiger partial charge on any atom is 0.416 e. The van der Waals surface area contributed by atoms with Crippen molar-refractivity contribution in [3.63, 3.8) is 0 Å². The van der Waals surface area contributed by atoms with Crippen molar-refractivity contribution >= 4 is 57.6 Å². The summed E-state index contributed by atoms with van der Waals surface area (Å²) >= 11 is 6.58. The SMILES string of the molecule is O=C(O)C1CCC(N2C(=O)SC(=Cc3ccc4c(c3)nnn4Cc3ccc(Cl)cc3C(F)(F)F)C2=O)CC1. The average molecular weight is 565 g/mol. The van der Waals surface area contributed by atoms with Gasteiger partial charge in [0.2, 0.25) is 0 Å². The molecule has 13 heteroatoms. The number of hydrogen-bond acceptors (Lipinski definition) is 6. The molecule has 2 aromatic carbocycles. The van der Waals surface area contributed by atoms with Crippen LogP contribution in [-0.4, -0.2) is 48.2 Å². The molecule has 1 N–H and O–H groups in total. The molecule has 0 unspecified atom stereocenters. The summed E-state index contributed by atoms with van der Waals surface area (Å²) in [5.74, 6) is -1.75. The molecule has 5 rings (SSSR count). The Hall–Kier alpha value is -3.38. The highest BCUT2D eigenvalue weighted by Gasteiger charge is 2.41. The van der Waals surface area contributed by atoms with E-state index in [1.807, 2.05) is 0 Å². The number of halogens is 4. The first-order valence-corrected chi connectivity index (χ1v) is 12.9. The van der Waals surface area contributed by atoms with Crippen LogP contribution >= 0.6 is 23.4 Å². The predicted molar refractivity (Wildman–Crippen MR) is 134 cm³/mol. The van der Waals surface area contributed by atoms with E-state index >= 15 is 0 Å². The maximum absolute atomic E-state index is 13.5. The standard InChI is InChI=1S/C25H20ClF3N4O4S/c26-16-5-2-15(18(11-16)25(27,28)29)12-32-20-8-1-13(9-19(20)30-31-32)10-21-22(34)33(24(37)38-21)17-6-3-14(4-7-17)23(35)36/h1-2,5,8-11,14,17H,3-4,6-7,12H2,(H,35,36). The van der Waals surface area contributed by atoms with Gasteiger partial charge in [0, 0.05) is 11.1 Å². The van der Waals surface area contributed by atoms with Crippen molar-refractivity contribution in [2.24, 2.45) is 5.92 Å². The second kappa shape index (κ2) is 10.1. The van der Waals surface area contributed by atoms with Gasteiger partial charge in [0.25, 0.3) is 11.1 Å². The lowest BCUT2D eigenvalue weighted by molar-refractivity contribution is -0.143. The first-order chi connectivity index (χ1) is 18.0. The molecular weight excluding hydrogens is 545 g/mol. The third-order valence-electron chi connectivity index (χ3n) is 6.77. The number of carbonyl (C=O) groups excluding carboxylic acids is 2. The van der Waals surface area contributed by atoms with E-state index in [1.54, 1.807) is 24.3 Å². The quantitative estimate of drug-likeness (QED) is 0.389. The zero-order valence-electron chi connectivity index (χ0n) is 19.6. The Bertz CT molecular complexity index is 1480. The molecule has 38 heavy (non-hydrogen) atoms. The van der Waals surface area contributed by atoms with Crippen LogP contribution in [0.25, 0.3) is 17.1 Å². The highest BCUT2D eigenvalue weighted by Crippen LogP contribution is 2.38. The fourth-order valence-electron chi connectivity index (χ4n) is 4.83. The van der Waals surface area contributed by atoms with Crippen molar-refractivity contribution in [2.75, 3.05) is 0 Å². The van der Waals surface area contributed by atoms with Crippen LogP contribution in [0.15, 0.2) is 41.3 Å². The van der Waals surface area contributed by atoms with Gasteiger partial charge in [-0.15, -0.1) is 5.10 Å². The first-order valence-electron chi connectivity index (χ1n) is 11.7. The van der Waals surface area contributed by atoms with Gasteiger partial charge in [-0.25, -0.2) is 4.68 Å². The number of benzene rings is 2. The van der Waals surface area contributed by atoms with Crippen LogP contribution in [0.2, 0.25) is 5.02 Å². The van der Waals surface area contributed by atoms with Gasteiger partial charge in [-0.1, -0.05) is 28.9 Å². The van der Waals surface area contributed by atoms with E-state index in [1.165, 1.54) is 21.7 Å². The Kier molecular flexibility index (Phi) is 6.95. The van der Waals surface area contributed by atoms with E-state index in [0.29, 0.717) is 42.3 Å². The maximum atomic E-state index is 13.5. The second-order valence-electron chi connectivity index (χ2n) is 9.19. The number of nitrogens with zero attached hydrogens (tertiary/aromatic N) is 4. The molecule has 3 aromatic rings. The van der Waals surface area contributed by atoms with E-state index < -0.39 is 34.8 Å². The summed E-state index contributed by atoms with van der Waals surface area (Å²) in [6.07, 6.45) is -1.31. The number of carboxylic acid groups (broad SMARTS) is 1. The number of fused-ring (bicyclic) bond motifs is 1. The van der Waals surface area contributed by atoms with Crippen molar-refractivity contribution in [1.82, 2.24) is 19.9 Å². The van der Waals surface area contributed by atoms with Gasteiger partial charge in [0.05, 0.1) is 28.4 Å². The van der Waals surface area contributed by atoms with E-state index in [-0.39, 0.29) is 28.1 Å². The minimum atomic E-state index is -4.58. The van der Waals surface area contributed by atoms with Gasteiger partial charge in [-0.3, -0.25) is 19.3 Å². The summed E-state index contributed by atoms with van der Waals surface area (Å²) < 4.78 is 41.8. The predicted octanol–water partition coefficient (Wildman–Crippen LogP) is 5.83. The molecule has 1 saturated heterocycles. The largest absolute Gasteiger partial charge is 0.481 e. The molecule has 2 heterocycles. The zero-order chi connectivity index (χ0) is 27.2. The lowest BCUT2D eigenvalue weighted by atomic mass is 9.85. The normalized spacial score (nSPS) is 21.6. The fourth-order valence-corrected chi connectivity index (χ4v) is 5.91. The highest BCUT2D eigenvalue weighted by atomic mass is 35.5. The Morgan fingerprint density at radius 3 is 2.55 bits per heavy atom. The molecular formula is C25H20ClF3N4O4S. The molecule has 198 valence electrons. The number of carbonyl (C=O) groups is 3. The van der Waals surface area contributed by atoms with E-state index in [2.05, 4.69) is 10.3 Å². The summed E-state index contributed by atoms with van der Waals surface area (Å²) in [7, 11) is 0. The first kappa shape index (κ1) is 26.2. The van der Waals surface area contributed by atoms with E-state index in [9.17, 15) is 32.7 Å². The van der Waals surface area contributed by atoms with Crippen LogP contribution in [0.4, 0.5) is 18.0 Å². The minimum absolute atomic E-state index is 0.0103. The lowest BCUT2D eigenvalue weighted by Crippen LogP contribution is -2.41. The molecule has 1 aromatic heterocycles. The summed E-state index contributed by atoms with van der Waals surface area (Å²) in [4.78, 5) is 38.3. The molecule has 0 radical (unpaired) electrons. The van der Waals surface area contributed by atoms with Crippen molar-refractivity contribution < 1.29 is 32.7 Å². The Morgan fingerprint density at radius 2 is 1.87 bits per heavy atom. The Labute approximate surface area is 223 Å². The van der Waals surface area contributed by atoms with Crippen molar-refractivity contribution in [3.05, 3.63) is 63.0 Å². The van der Waals surface area contributed by atoms with Crippen LogP contribution in [0, 0.1) is 5.92 Å². The molecule has 2 fully saturated rings. The van der Waals surface area contributed by atoms with Gasteiger partial charge in [0.15, 0.2) is 0 Å². The molecule has 0 spiro atoms. The molecule has 8 nitrogen and oxygen atoms in total. The van der Waals surface area contributed by atoms with Crippen molar-refractivity contribution in [1.29, 1.82) is 0 Å². The molecule has 1 aliphatic heterocycles. The number of carboxylic acids is 1. The van der Waals surface area contributed by atoms with Crippen molar-refractivity contribution in [3.8, 4) is 0 Å². The van der Waals surface area contributed by atoms with E-state index in [0.717, 1.165) is 17.8 Å². The van der Waals surface area contributed by atoms with Crippen molar-refractivity contribution in [2.45, 2.75) is 44.4 Å². The lowest BCUT2D eigenvalue weighted by Gasteiger charge is -2.31. The average Bonchev–Trinajstić information content (AvgIpc) is 3.38. The molecule has 1 aliphatic carbocycles. The molecule has 0 bridgehead atoms. The minimum Gasteiger partial charge on any atom is -0.481 e. The third kappa shape index (κ3) is 5.14. The van der Waals surface area contributed by atoms with E-state index in [4.69, 9.17) is 11.6 Å². The molecule has 1 saturated carbocycles. The second-order valence-corrected chi connectivity index (χ2v) is 10.6. The summed E-state index contributed by atoms with van der Waals surface area (Å²) in [5, 5.41) is 16.8. The van der Waals surface area contributed by atoms with Gasteiger partial charge in [0.1, 0.15) is 5.52 Å². The topological polar surface area (TPSA) is 105 Å². The molecule has 0 atom stereocenters. The summed E-state index contributed by atoms with van der Waals surface area (Å²) in [6.45, 7) is -0.176. The number of thioether (sulfide) groups is 1. The number of aromatic nitrogens is 3. The monoisotopic (exact) mass is 564 g/mol. The van der Waals surface area contributed by atoms with Crippen LogP contribution < -0.4 is 0 Å². The smallest absolute Gasteiger partial charge is 0.416 e. The number of aliphatic carboxylic acids is 1. The van der Waals surface area contributed by atoms with Gasteiger partial charge < -0.3 is 5.11 Å².